The molecule has 0 bridgehead atoms. The lowest BCUT2D eigenvalue weighted by Gasteiger charge is -2.26. The minimum atomic E-state index is -0.153. The van der Waals surface area contributed by atoms with Crippen molar-refractivity contribution in [1.29, 1.82) is 0 Å². The number of carbonyl (C=O) groups is 1. The Morgan fingerprint density at radius 2 is 2.06 bits per heavy atom. The van der Waals surface area contributed by atoms with Crippen LogP contribution in [0.15, 0.2) is 36.3 Å². The topological polar surface area (TPSA) is 41.1 Å². The Morgan fingerprint density at radius 3 is 2.76 bits per heavy atom. The van der Waals surface area contributed by atoms with Gasteiger partial charge in [0.15, 0.2) is 0 Å². The predicted molar refractivity (Wildman–Crippen MR) is 71.9 cm³/mol. The predicted octanol–water partition coefficient (Wildman–Crippen LogP) is 2.47. The van der Waals surface area contributed by atoms with Crippen LogP contribution in [0, 0.1) is 5.92 Å². The largest absolute Gasteiger partial charge is 0.405 e. The number of nitrogens with one attached hydrogen (secondary N) is 2. The standard InChI is InChI=1S/C13H17BN2O/c1-9(2)8-10(3)14-15-12-7-5-4-6-11(12)13(17)16-14/h4-7,9,15H,3,8H2,1-2H3,(H,16,17). The van der Waals surface area contributed by atoms with E-state index in [1.165, 1.54) is 0 Å². The van der Waals surface area contributed by atoms with E-state index in [9.17, 15) is 4.79 Å². The third-order valence-corrected chi connectivity index (χ3v) is 2.83. The van der Waals surface area contributed by atoms with Crippen LogP contribution in [0.2, 0.25) is 0 Å². The van der Waals surface area contributed by atoms with Gasteiger partial charge in [-0.25, -0.2) is 0 Å². The van der Waals surface area contributed by atoms with Crippen LogP contribution < -0.4 is 10.5 Å². The minimum absolute atomic E-state index is 0.0331. The van der Waals surface area contributed by atoms with Crippen molar-refractivity contribution in [3.05, 3.63) is 41.9 Å². The molecule has 4 heteroatoms. The van der Waals surface area contributed by atoms with Gasteiger partial charge in [-0.2, -0.15) is 0 Å². The fraction of sp³-hybridized carbons (Fsp3) is 0.308. The molecule has 0 spiro atoms. The van der Waals surface area contributed by atoms with Gasteiger partial charge in [0.05, 0.1) is 5.56 Å². The second-order valence-corrected chi connectivity index (χ2v) is 4.85. The van der Waals surface area contributed by atoms with Gasteiger partial charge in [-0.05, 0) is 24.5 Å². The van der Waals surface area contributed by atoms with Crippen LogP contribution in [-0.2, 0) is 0 Å². The lowest BCUT2D eigenvalue weighted by Crippen LogP contribution is -2.50. The Hall–Kier alpha value is -1.71. The average molecular weight is 228 g/mol. The van der Waals surface area contributed by atoms with Crippen LogP contribution >= 0.6 is 0 Å². The molecule has 0 unspecified atom stereocenters. The third kappa shape index (κ3) is 2.52. The van der Waals surface area contributed by atoms with Gasteiger partial charge in [-0.3, -0.25) is 4.79 Å². The van der Waals surface area contributed by atoms with Crippen molar-refractivity contribution < 1.29 is 4.79 Å². The Bertz CT molecular complexity index is 456. The third-order valence-electron chi connectivity index (χ3n) is 2.83. The van der Waals surface area contributed by atoms with Crippen molar-refractivity contribution in [1.82, 2.24) is 5.23 Å². The van der Waals surface area contributed by atoms with E-state index in [1.54, 1.807) is 0 Å². The summed E-state index contributed by atoms with van der Waals surface area (Å²) in [5.74, 6) is 0.507. The maximum atomic E-state index is 11.9. The second kappa shape index (κ2) is 4.66. The van der Waals surface area contributed by atoms with E-state index < -0.39 is 0 Å². The van der Waals surface area contributed by atoms with Crippen molar-refractivity contribution in [2.45, 2.75) is 20.3 Å². The fourth-order valence-corrected chi connectivity index (χ4v) is 2.05. The number of carbonyl (C=O) groups excluding carboxylic acids is 1. The molecule has 1 heterocycles. The number of rotatable bonds is 3. The van der Waals surface area contributed by atoms with Crippen LogP contribution in [-0.4, -0.2) is 12.9 Å². The van der Waals surface area contributed by atoms with Crippen LogP contribution in [0.5, 0.6) is 0 Å². The Kier molecular flexibility index (Phi) is 3.22. The molecule has 2 rings (SSSR count). The zero-order valence-corrected chi connectivity index (χ0v) is 10.3. The van der Waals surface area contributed by atoms with Crippen molar-refractivity contribution >= 4 is 18.6 Å². The molecule has 88 valence electrons. The maximum absolute atomic E-state index is 11.9. The summed E-state index contributed by atoms with van der Waals surface area (Å²) < 4.78 is 0. The van der Waals surface area contributed by atoms with Gasteiger partial charge in [0, 0.05) is 5.69 Å². The first-order valence-corrected chi connectivity index (χ1v) is 5.92. The van der Waals surface area contributed by atoms with Gasteiger partial charge in [0.25, 0.3) is 0 Å². The SMILES string of the molecule is C=C(CC(C)C)B1NC(=O)c2ccccc2N1. The van der Waals surface area contributed by atoms with Gasteiger partial charge in [0.1, 0.15) is 0 Å². The Balaban J connectivity index is 2.17. The molecule has 1 aliphatic rings. The number of amides is 1. The summed E-state index contributed by atoms with van der Waals surface area (Å²) in [4.78, 5) is 11.9. The van der Waals surface area contributed by atoms with Crippen molar-refractivity contribution in [3.8, 4) is 0 Å². The Morgan fingerprint density at radius 1 is 1.35 bits per heavy atom. The molecule has 0 fully saturated rings. The molecule has 1 amide bonds. The average Bonchev–Trinajstić information content (AvgIpc) is 2.28. The molecule has 2 N–H and O–H groups in total. The number of anilines is 1. The molecule has 0 saturated carbocycles. The van der Waals surface area contributed by atoms with Crippen LogP contribution in [0.25, 0.3) is 0 Å². The zero-order valence-electron chi connectivity index (χ0n) is 10.3. The number of benzene rings is 1. The summed E-state index contributed by atoms with van der Waals surface area (Å²) in [5, 5.41) is 6.23. The highest BCUT2D eigenvalue weighted by Gasteiger charge is 2.29. The van der Waals surface area contributed by atoms with E-state index in [2.05, 4.69) is 30.9 Å². The number of allylic oxidation sites excluding steroid dienone is 1. The molecule has 1 aliphatic heterocycles. The molecule has 1 aromatic rings. The molecule has 0 aromatic heterocycles. The molecule has 0 atom stereocenters. The van der Waals surface area contributed by atoms with Crippen LogP contribution in [0.4, 0.5) is 5.69 Å². The first-order chi connectivity index (χ1) is 8.08. The quantitative estimate of drug-likeness (QED) is 0.780. The summed E-state index contributed by atoms with van der Waals surface area (Å²) >= 11 is 0. The van der Waals surface area contributed by atoms with Crippen molar-refractivity contribution in [2.75, 3.05) is 5.23 Å². The van der Waals surface area contributed by atoms with Crippen LogP contribution in [0.1, 0.15) is 30.6 Å². The molecular formula is C13H17BN2O. The number of para-hydroxylation sites is 1. The van der Waals surface area contributed by atoms with E-state index in [4.69, 9.17) is 0 Å². The smallest absolute Gasteiger partial charge is 0.403 e. The zero-order chi connectivity index (χ0) is 12.4. The van der Waals surface area contributed by atoms with Crippen molar-refractivity contribution in [3.63, 3.8) is 0 Å². The van der Waals surface area contributed by atoms with Gasteiger partial charge >= 0.3 is 6.98 Å². The van der Waals surface area contributed by atoms with E-state index in [0.717, 1.165) is 17.6 Å². The second-order valence-electron chi connectivity index (χ2n) is 4.85. The van der Waals surface area contributed by atoms with E-state index in [-0.39, 0.29) is 12.9 Å². The highest BCUT2D eigenvalue weighted by Crippen LogP contribution is 2.21. The summed E-state index contributed by atoms with van der Waals surface area (Å²) in [5.41, 5.74) is 2.59. The van der Waals surface area contributed by atoms with Gasteiger partial charge in [-0.1, -0.05) is 31.5 Å². The monoisotopic (exact) mass is 228 g/mol. The Labute approximate surface area is 102 Å². The summed E-state index contributed by atoms with van der Waals surface area (Å²) in [7, 11) is 0. The summed E-state index contributed by atoms with van der Waals surface area (Å²) in [6, 6.07) is 7.53. The molecule has 1 aromatic carbocycles. The minimum Gasteiger partial charge on any atom is -0.405 e. The molecule has 17 heavy (non-hydrogen) atoms. The van der Waals surface area contributed by atoms with E-state index in [1.807, 2.05) is 24.3 Å². The van der Waals surface area contributed by atoms with Gasteiger partial charge < -0.3 is 10.5 Å². The van der Waals surface area contributed by atoms with E-state index in [0.29, 0.717) is 11.5 Å². The first-order valence-electron chi connectivity index (χ1n) is 5.92. The highest BCUT2D eigenvalue weighted by atomic mass is 16.1. The fourth-order valence-electron chi connectivity index (χ4n) is 2.05. The normalized spacial score (nSPS) is 14.1. The van der Waals surface area contributed by atoms with Gasteiger partial charge in [0.2, 0.25) is 5.91 Å². The molecule has 0 radical (unpaired) electrons. The summed E-state index contributed by atoms with van der Waals surface area (Å²) in [6.07, 6.45) is 0.903. The number of hydrogen-bond donors (Lipinski definition) is 2. The highest BCUT2D eigenvalue weighted by molar-refractivity contribution is 6.71. The maximum Gasteiger partial charge on any atom is 0.403 e. The summed E-state index contributed by atoms with van der Waals surface area (Å²) in [6.45, 7) is 8.18. The molecule has 0 saturated heterocycles. The van der Waals surface area contributed by atoms with Crippen LogP contribution in [0.3, 0.4) is 0 Å². The molecule has 3 nitrogen and oxygen atoms in total. The van der Waals surface area contributed by atoms with E-state index >= 15 is 0 Å². The van der Waals surface area contributed by atoms with Crippen molar-refractivity contribution in [2.24, 2.45) is 5.92 Å². The number of fused-ring (bicyclic) bond motifs is 1. The lowest BCUT2D eigenvalue weighted by molar-refractivity contribution is 0.0978. The number of hydrogen-bond acceptors (Lipinski definition) is 2. The molecular weight excluding hydrogens is 211 g/mol. The first kappa shape index (κ1) is 11.8. The van der Waals surface area contributed by atoms with Gasteiger partial charge in [-0.15, -0.1) is 6.58 Å². The lowest BCUT2D eigenvalue weighted by atomic mass is 9.63. The molecule has 0 aliphatic carbocycles.